The van der Waals surface area contributed by atoms with Gasteiger partial charge in [0.25, 0.3) is 11.8 Å². The molecule has 0 saturated heterocycles. The first-order chi connectivity index (χ1) is 15.0. The zero-order valence-corrected chi connectivity index (χ0v) is 17.6. The van der Waals surface area contributed by atoms with E-state index in [-0.39, 0.29) is 12.1 Å². The van der Waals surface area contributed by atoms with Crippen LogP contribution in [0, 0.1) is 0 Å². The quantitative estimate of drug-likeness (QED) is 0.682. The number of pyridine rings is 1. The van der Waals surface area contributed by atoms with Gasteiger partial charge in [0, 0.05) is 24.4 Å². The fourth-order valence-corrected chi connectivity index (χ4v) is 3.28. The van der Waals surface area contributed by atoms with Crippen LogP contribution < -0.4 is 14.2 Å². The van der Waals surface area contributed by atoms with E-state index in [0.29, 0.717) is 34.9 Å². The van der Waals surface area contributed by atoms with Crippen molar-refractivity contribution in [1.29, 1.82) is 0 Å². The van der Waals surface area contributed by atoms with Gasteiger partial charge in [-0.05, 0) is 42.3 Å². The van der Waals surface area contributed by atoms with Crippen LogP contribution in [-0.2, 0) is 9.59 Å². The maximum atomic E-state index is 12.8. The van der Waals surface area contributed by atoms with Crippen molar-refractivity contribution < 1.29 is 28.9 Å². The van der Waals surface area contributed by atoms with Gasteiger partial charge in [-0.1, -0.05) is 12.1 Å². The number of hydrogen-bond acceptors (Lipinski definition) is 7. The van der Waals surface area contributed by atoms with Gasteiger partial charge in [0.1, 0.15) is 6.10 Å². The summed E-state index contributed by atoms with van der Waals surface area (Å²) in [5, 5.41) is 10.5. The molecule has 31 heavy (non-hydrogen) atoms. The van der Waals surface area contributed by atoms with Gasteiger partial charge in [0.05, 0.1) is 27.0 Å². The first-order valence-electron chi connectivity index (χ1n) is 9.63. The van der Waals surface area contributed by atoms with E-state index in [0.717, 1.165) is 4.90 Å². The Bertz CT molecular complexity index is 991. The Morgan fingerprint density at radius 2 is 1.87 bits per heavy atom. The molecule has 1 unspecified atom stereocenters. The van der Waals surface area contributed by atoms with E-state index in [1.54, 1.807) is 42.5 Å². The van der Waals surface area contributed by atoms with E-state index >= 15 is 0 Å². The smallest absolute Gasteiger partial charge is 0.259 e. The zero-order chi connectivity index (χ0) is 22.4. The highest BCUT2D eigenvalue weighted by Gasteiger charge is 2.31. The van der Waals surface area contributed by atoms with Gasteiger partial charge < -0.3 is 19.3 Å². The van der Waals surface area contributed by atoms with E-state index < -0.39 is 17.9 Å². The van der Waals surface area contributed by atoms with Crippen LogP contribution in [0.15, 0.2) is 54.3 Å². The lowest BCUT2D eigenvalue weighted by Crippen LogP contribution is -2.41. The van der Waals surface area contributed by atoms with E-state index in [1.165, 1.54) is 33.6 Å². The molecule has 1 atom stereocenters. The lowest BCUT2D eigenvalue weighted by molar-refractivity contribution is -0.140. The van der Waals surface area contributed by atoms with Crippen LogP contribution in [-0.4, -0.2) is 54.7 Å². The minimum Gasteiger partial charge on any atom is -0.493 e. The Morgan fingerprint density at radius 1 is 1.16 bits per heavy atom. The number of ether oxygens (including phenoxy) is 3. The Labute approximate surface area is 180 Å². The topological polar surface area (TPSA) is 98.2 Å². The van der Waals surface area contributed by atoms with Gasteiger partial charge >= 0.3 is 0 Å². The molecule has 8 heteroatoms. The van der Waals surface area contributed by atoms with Crippen molar-refractivity contribution >= 4 is 17.9 Å². The zero-order valence-electron chi connectivity index (χ0n) is 17.6. The predicted octanol–water partition coefficient (Wildman–Crippen LogP) is 2.54. The standard InChI is InChI=1S/C23H24N2O6/c1-29-18-13-15(14-19(30-2)22(18)31-3)9-10-20(26)25-12-6-7-16(23(25)28)21(27)17-8-4-5-11-24-17/h4-5,7-11,13-14,21,27H,6,12H2,1-3H3/b10-9+. The molecular weight excluding hydrogens is 400 g/mol. The number of aliphatic hydroxyl groups is 1. The number of methoxy groups -OCH3 is 3. The number of amides is 2. The number of rotatable bonds is 7. The Kier molecular flexibility index (Phi) is 7.04. The highest BCUT2D eigenvalue weighted by atomic mass is 16.5. The second-order valence-corrected chi connectivity index (χ2v) is 6.69. The van der Waals surface area contributed by atoms with Crippen LogP contribution in [0.5, 0.6) is 17.2 Å². The molecule has 162 valence electrons. The van der Waals surface area contributed by atoms with Gasteiger partial charge in [-0.15, -0.1) is 0 Å². The molecule has 2 amide bonds. The second-order valence-electron chi connectivity index (χ2n) is 6.69. The van der Waals surface area contributed by atoms with Crippen LogP contribution in [0.1, 0.15) is 23.8 Å². The fourth-order valence-electron chi connectivity index (χ4n) is 3.28. The highest BCUT2D eigenvalue weighted by Crippen LogP contribution is 2.38. The van der Waals surface area contributed by atoms with Crippen molar-refractivity contribution in [1.82, 2.24) is 9.88 Å². The molecule has 8 nitrogen and oxygen atoms in total. The van der Waals surface area contributed by atoms with E-state index in [9.17, 15) is 14.7 Å². The first-order valence-corrected chi connectivity index (χ1v) is 9.63. The third kappa shape index (κ3) is 4.75. The number of nitrogens with zero attached hydrogens (tertiary/aromatic N) is 2. The summed E-state index contributed by atoms with van der Waals surface area (Å²) in [4.78, 5) is 30.8. The molecule has 0 radical (unpaired) electrons. The van der Waals surface area contributed by atoms with Crippen LogP contribution in [0.3, 0.4) is 0 Å². The van der Waals surface area contributed by atoms with E-state index in [4.69, 9.17) is 14.2 Å². The molecule has 0 spiro atoms. The second kappa shape index (κ2) is 9.90. The normalized spacial score (nSPS) is 14.9. The number of imide groups is 1. The van der Waals surface area contributed by atoms with E-state index in [2.05, 4.69) is 4.98 Å². The summed E-state index contributed by atoms with van der Waals surface area (Å²) in [7, 11) is 4.51. The average molecular weight is 424 g/mol. The third-order valence-electron chi connectivity index (χ3n) is 4.84. The van der Waals surface area contributed by atoms with Crippen molar-refractivity contribution in [3.05, 3.63) is 65.5 Å². The molecule has 3 rings (SSSR count). The number of carbonyl (C=O) groups is 2. The van der Waals surface area contributed by atoms with Crippen molar-refractivity contribution in [3.8, 4) is 17.2 Å². The number of hydrogen-bond donors (Lipinski definition) is 1. The molecule has 1 N–H and O–H groups in total. The molecule has 0 aliphatic carbocycles. The van der Waals surface area contributed by atoms with Gasteiger partial charge in [-0.2, -0.15) is 0 Å². The molecule has 0 bridgehead atoms. The van der Waals surface area contributed by atoms with Crippen molar-refractivity contribution in [3.63, 3.8) is 0 Å². The molecule has 1 aliphatic rings. The third-order valence-corrected chi connectivity index (χ3v) is 4.84. The molecule has 1 aliphatic heterocycles. The average Bonchev–Trinajstić information content (AvgIpc) is 2.81. The molecule has 0 saturated carbocycles. The first kappa shape index (κ1) is 22.0. The Morgan fingerprint density at radius 3 is 2.45 bits per heavy atom. The largest absolute Gasteiger partial charge is 0.493 e. The van der Waals surface area contributed by atoms with Crippen molar-refractivity contribution in [2.24, 2.45) is 0 Å². The number of aliphatic hydroxyl groups excluding tert-OH is 1. The predicted molar refractivity (Wildman–Crippen MR) is 114 cm³/mol. The molecule has 1 aromatic carbocycles. The summed E-state index contributed by atoms with van der Waals surface area (Å²) < 4.78 is 15.9. The highest BCUT2D eigenvalue weighted by molar-refractivity contribution is 6.09. The van der Waals surface area contributed by atoms with Crippen LogP contribution in [0.25, 0.3) is 6.08 Å². The van der Waals surface area contributed by atoms with Gasteiger partial charge in [-0.25, -0.2) is 0 Å². The number of benzene rings is 1. The molecule has 2 aromatic rings. The molecule has 1 aromatic heterocycles. The Balaban J connectivity index is 1.78. The van der Waals surface area contributed by atoms with Crippen LogP contribution in [0.4, 0.5) is 0 Å². The Hall–Kier alpha value is -3.65. The summed E-state index contributed by atoms with van der Waals surface area (Å²) in [6.45, 7) is 0.232. The minimum absolute atomic E-state index is 0.138. The van der Waals surface area contributed by atoms with Crippen molar-refractivity contribution in [2.45, 2.75) is 12.5 Å². The van der Waals surface area contributed by atoms with Crippen LogP contribution in [0.2, 0.25) is 0 Å². The lowest BCUT2D eigenvalue weighted by atomic mass is 10.00. The monoisotopic (exact) mass is 424 g/mol. The lowest BCUT2D eigenvalue weighted by Gasteiger charge is -2.26. The van der Waals surface area contributed by atoms with Gasteiger partial charge in [-0.3, -0.25) is 19.5 Å². The summed E-state index contributed by atoms with van der Waals surface area (Å²) in [5.41, 5.74) is 1.13. The molecular formula is C23H24N2O6. The number of carbonyl (C=O) groups excluding carboxylic acids is 2. The maximum Gasteiger partial charge on any atom is 0.259 e. The van der Waals surface area contributed by atoms with Gasteiger partial charge in [0.2, 0.25) is 5.75 Å². The maximum absolute atomic E-state index is 12.8. The molecule has 0 fully saturated rings. The van der Waals surface area contributed by atoms with Crippen LogP contribution >= 0.6 is 0 Å². The van der Waals surface area contributed by atoms with Gasteiger partial charge in [0.15, 0.2) is 11.5 Å². The summed E-state index contributed by atoms with van der Waals surface area (Å²) in [5.74, 6) is 0.317. The summed E-state index contributed by atoms with van der Waals surface area (Å²) in [6, 6.07) is 8.46. The molecule has 2 heterocycles. The minimum atomic E-state index is -1.19. The number of aromatic nitrogens is 1. The summed E-state index contributed by atoms with van der Waals surface area (Å²) >= 11 is 0. The SMILES string of the molecule is COc1cc(/C=C/C(=O)N2CCC=C(C(O)c3ccccn3)C2=O)cc(OC)c1OC. The fraction of sp³-hybridized carbons (Fsp3) is 0.261. The van der Waals surface area contributed by atoms with Crippen molar-refractivity contribution in [2.75, 3.05) is 27.9 Å². The van der Waals surface area contributed by atoms with E-state index in [1.807, 2.05) is 0 Å². The summed E-state index contributed by atoms with van der Waals surface area (Å²) in [6.07, 6.45) is 5.31.